The molecule has 8 heavy (non-hydrogen) atoms. The SMILES string of the molecule is ClNc1ccnnc1. The third kappa shape index (κ3) is 1.07. The van der Waals surface area contributed by atoms with Gasteiger partial charge in [0.05, 0.1) is 18.1 Å². The Morgan fingerprint density at radius 1 is 1.50 bits per heavy atom. The van der Waals surface area contributed by atoms with Crippen LogP contribution in [0.1, 0.15) is 0 Å². The average molecular weight is 130 g/mol. The molecule has 1 rings (SSSR count). The molecule has 0 radical (unpaired) electrons. The second-order valence-electron chi connectivity index (χ2n) is 1.23. The van der Waals surface area contributed by atoms with E-state index in [9.17, 15) is 0 Å². The summed E-state index contributed by atoms with van der Waals surface area (Å²) in [5.74, 6) is 0. The Balaban J connectivity index is 2.83. The molecule has 0 aliphatic rings. The highest BCUT2D eigenvalue weighted by atomic mass is 35.5. The van der Waals surface area contributed by atoms with E-state index in [1.807, 2.05) is 0 Å². The van der Waals surface area contributed by atoms with Gasteiger partial charge in [-0.2, -0.15) is 10.2 Å². The molecule has 1 aromatic rings. The van der Waals surface area contributed by atoms with Crippen molar-refractivity contribution in [1.82, 2.24) is 10.2 Å². The fourth-order valence-electron chi connectivity index (χ4n) is 0.347. The Morgan fingerprint density at radius 3 is 2.75 bits per heavy atom. The van der Waals surface area contributed by atoms with Crippen molar-refractivity contribution >= 4 is 17.5 Å². The number of rotatable bonds is 1. The molecule has 0 atom stereocenters. The third-order valence-corrected chi connectivity index (χ3v) is 0.912. The van der Waals surface area contributed by atoms with E-state index in [4.69, 9.17) is 11.8 Å². The molecule has 0 spiro atoms. The second-order valence-corrected chi connectivity index (χ2v) is 1.41. The predicted octanol–water partition coefficient (Wildman–Crippen LogP) is 1.04. The van der Waals surface area contributed by atoms with Gasteiger partial charge >= 0.3 is 0 Å². The van der Waals surface area contributed by atoms with Crippen LogP contribution >= 0.6 is 11.8 Å². The molecule has 0 unspecified atom stereocenters. The summed E-state index contributed by atoms with van der Waals surface area (Å²) in [6, 6.07) is 1.72. The minimum Gasteiger partial charge on any atom is -0.297 e. The molecule has 4 heteroatoms. The van der Waals surface area contributed by atoms with E-state index < -0.39 is 0 Å². The Bertz CT molecular complexity index is 153. The first-order valence-electron chi connectivity index (χ1n) is 2.07. The molecule has 0 bridgehead atoms. The number of nitrogens with one attached hydrogen (secondary N) is 1. The molecule has 0 amide bonds. The first-order chi connectivity index (χ1) is 3.93. The lowest BCUT2D eigenvalue weighted by atomic mass is 10.5. The van der Waals surface area contributed by atoms with Gasteiger partial charge < -0.3 is 0 Å². The fraction of sp³-hybridized carbons (Fsp3) is 0. The minimum atomic E-state index is 0.752. The largest absolute Gasteiger partial charge is 0.297 e. The van der Waals surface area contributed by atoms with Crippen LogP contribution in [0.4, 0.5) is 5.69 Å². The summed E-state index contributed by atoms with van der Waals surface area (Å²) in [7, 11) is 0. The number of halogens is 1. The van der Waals surface area contributed by atoms with E-state index >= 15 is 0 Å². The molecule has 1 N–H and O–H groups in total. The van der Waals surface area contributed by atoms with Crippen LogP contribution in [-0.2, 0) is 0 Å². The van der Waals surface area contributed by atoms with Gasteiger partial charge in [-0.1, -0.05) is 0 Å². The lowest BCUT2D eigenvalue weighted by molar-refractivity contribution is 1.03. The molecule has 1 aromatic heterocycles. The van der Waals surface area contributed by atoms with Gasteiger partial charge in [0.15, 0.2) is 0 Å². The second kappa shape index (κ2) is 2.47. The molecular formula is C4H4ClN3. The zero-order valence-electron chi connectivity index (χ0n) is 4.00. The van der Waals surface area contributed by atoms with Crippen molar-refractivity contribution in [3.63, 3.8) is 0 Å². The highest BCUT2D eigenvalue weighted by Gasteiger charge is 1.81. The van der Waals surface area contributed by atoms with Gasteiger partial charge in [-0.25, -0.2) is 0 Å². The van der Waals surface area contributed by atoms with E-state index in [2.05, 4.69) is 15.0 Å². The third-order valence-electron chi connectivity index (χ3n) is 0.693. The number of anilines is 1. The van der Waals surface area contributed by atoms with Crippen molar-refractivity contribution in [3.05, 3.63) is 18.5 Å². The molecule has 0 aliphatic heterocycles. The Hall–Kier alpha value is -0.830. The van der Waals surface area contributed by atoms with Gasteiger partial charge in [-0.15, -0.1) is 0 Å². The normalized spacial score (nSPS) is 8.62. The lowest BCUT2D eigenvalue weighted by Gasteiger charge is -1.89. The monoisotopic (exact) mass is 129 g/mol. The Morgan fingerprint density at radius 2 is 2.38 bits per heavy atom. The molecule has 0 saturated carbocycles. The van der Waals surface area contributed by atoms with Crippen molar-refractivity contribution in [3.8, 4) is 0 Å². The first kappa shape index (κ1) is 5.31. The molecule has 0 aromatic carbocycles. The maximum absolute atomic E-state index is 5.21. The van der Waals surface area contributed by atoms with Crippen molar-refractivity contribution in [2.75, 3.05) is 4.84 Å². The van der Waals surface area contributed by atoms with Crippen LogP contribution in [0.15, 0.2) is 18.5 Å². The van der Waals surface area contributed by atoms with Crippen molar-refractivity contribution in [1.29, 1.82) is 0 Å². The van der Waals surface area contributed by atoms with Crippen LogP contribution in [-0.4, -0.2) is 10.2 Å². The van der Waals surface area contributed by atoms with E-state index in [0.29, 0.717) is 0 Å². The van der Waals surface area contributed by atoms with Gasteiger partial charge in [0.25, 0.3) is 0 Å². The Labute approximate surface area is 51.8 Å². The van der Waals surface area contributed by atoms with Crippen molar-refractivity contribution < 1.29 is 0 Å². The van der Waals surface area contributed by atoms with Crippen LogP contribution in [0.3, 0.4) is 0 Å². The van der Waals surface area contributed by atoms with Crippen molar-refractivity contribution in [2.24, 2.45) is 0 Å². The van der Waals surface area contributed by atoms with E-state index in [-0.39, 0.29) is 0 Å². The molecule has 1 heterocycles. The lowest BCUT2D eigenvalue weighted by Crippen LogP contribution is -1.82. The topological polar surface area (TPSA) is 37.8 Å². The van der Waals surface area contributed by atoms with E-state index in [1.54, 1.807) is 12.3 Å². The summed E-state index contributed by atoms with van der Waals surface area (Å²) in [5, 5.41) is 7.10. The molecule has 42 valence electrons. The quantitative estimate of drug-likeness (QED) is 0.576. The summed E-state index contributed by atoms with van der Waals surface area (Å²) in [4.78, 5) is 2.40. The van der Waals surface area contributed by atoms with Crippen LogP contribution in [0, 0.1) is 0 Å². The smallest absolute Gasteiger partial charge is 0.0739 e. The molecule has 3 nitrogen and oxygen atoms in total. The first-order valence-corrected chi connectivity index (χ1v) is 2.44. The van der Waals surface area contributed by atoms with Crippen LogP contribution < -0.4 is 4.84 Å². The molecule has 0 aliphatic carbocycles. The molecule has 0 saturated heterocycles. The summed E-state index contributed by atoms with van der Waals surface area (Å²) in [6.45, 7) is 0. The summed E-state index contributed by atoms with van der Waals surface area (Å²) >= 11 is 5.21. The van der Waals surface area contributed by atoms with Gasteiger partial charge in [0.1, 0.15) is 0 Å². The number of nitrogens with zero attached hydrogens (tertiary/aromatic N) is 2. The van der Waals surface area contributed by atoms with Gasteiger partial charge in [-0.05, 0) is 6.07 Å². The highest BCUT2D eigenvalue weighted by molar-refractivity contribution is 6.23. The standard InChI is InChI=1S/C4H4ClN3/c5-8-4-1-2-6-7-3-4/h1-3H,(H,6,8). The summed E-state index contributed by atoms with van der Waals surface area (Å²) in [5.41, 5.74) is 0.752. The van der Waals surface area contributed by atoms with Crippen LogP contribution in [0.2, 0.25) is 0 Å². The van der Waals surface area contributed by atoms with Crippen molar-refractivity contribution in [2.45, 2.75) is 0 Å². The summed E-state index contributed by atoms with van der Waals surface area (Å²) < 4.78 is 0. The van der Waals surface area contributed by atoms with Crippen LogP contribution in [0.25, 0.3) is 0 Å². The maximum atomic E-state index is 5.21. The van der Waals surface area contributed by atoms with E-state index in [0.717, 1.165) is 5.69 Å². The maximum Gasteiger partial charge on any atom is 0.0739 e. The van der Waals surface area contributed by atoms with E-state index in [1.165, 1.54) is 6.20 Å². The molecule has 0 fully saturated rings. The minimum absolute atomic E-state index is 0.752. The Kier molecular flexibility index (Phi) is 1.64. The average Bonchev–Trinajstić information content (AvgIpc) is 1.90. The zero-order valence-corrected chi connectivity index (χ0v) is 4.76. The number of hydrogen-bond donors (Lipinski definition) is 1. The van der Waals surface area contributed by atoms with Gasteiger partial charge in [0.2, 0.25) is 0 Å². The molecular weight excluding hydrogens is 126 g/mol. The summed E-state index contributed by atoms with van der Waals surface area (Å²) in [6.07, 6.45) is 3.09. The van der Waals surface area contributed by atoms with Gasteiger partial charge in [0, 0.05) is 11.8 Å². The number of aromatic nitrogens is 2. The van der Waals surface area contributed by atoms with Gasteiger partial charge in [-0.3, -0.25) is 4.84 Å². The predicted molar refractivity (Wildman–Crippen MR) is 31.5 cm³/mol. The van der Waals surface area contributed by atoms with Crippen LogP contribution in [0.5, 0.6) is 0 Å². The fourth-order valence-corrected chi connectivity index (χ4v) is 0.458. The zero-order chi connectivity index (χ0) is 5.82. The highest BCUT2D eigenvalue weighted by Crippen LogP contribution is 2.00. The number of hydrogen-bond acceptors (Lipinski definition) is 3.